The number of amides is 1. The van der Waals surface area contributed by atoms with Crippen LogP contribution in [0.25, 0.3) is 21.8 Å². The molecule has 140 valence electrons. The van der Waals surface area contributed by atoms with Crippen LogP contribution in [-0.2, 0) is 13.1 Å². The lowest BCUT2D eigenvalue weighted by molar-refractivity contribution is 0.0951. The van der Waals surface area contributed by atoms with Crippen molar-refractivity contribution >= 4 is 39.3 Å². The van der Waals surface area contributed by atoms with Gasteiger partial charge in [0.25, 0.3) is 5.91 Å². The molecule has 0 bridgehead atoms. The van der Waals surface area contributed by atoms with E-state index in [0.29, 0.717) is 17.1 Å². The molecule has 28 heavy (non-hydrogen) atoms. The maximum Gasteiger partial charge on any atom is 0.251 e. The SMILES string of the molecule is O=C(NCc1ccccc1Cl)c1ccc2c3ccncc3n(CC3CC3)c2c1. The first-order valence-corrected chi connectivity index (χ1v) is 9.96. The van der Waals surface area contributed by atoms with E-state index in [-0.39, 0.29) is 5.91 Å². The number of pyridine rings is 1. The Kier molecular flexibility index (Phi) is 4.29. The number of carbonyl (C=O) groups is 1. The number of rotatable bonds is 5. The van der Waals surface area contributed by atoms with E-state index in [1.54, 1.807) is 0 Å². The molecule has 1 fully saturated rings. The highest BCUT2D eigenvalue weighted by atomic mass is 35.5. The molecule has 2 aromatic carbocycles. The van der Waals surface area contributed by atoms with Crippen molar-refractivity contribution in [1.82, 2.24) is 14.9 Å². The lowest BCUT2D eigenvalue weighted by atomic mass is 10.1. The molecule has 4 aromatic rings. The number of hydrogen-bond donors (Lipinski definition) is 1. The van der Waals surface area contributed by atoms with Crippen molar-refractivity contribution in [1.29, 1.82) is 0 Å². The Balaban J connectivity index is 1.49. The minimum absolute atomic E-state index is 0.0943. The van der Waals surface area contributed by atoms with E-state index in [2.05, 4.69) is 20.9 Å². The summed E-state index contributed by atoms with van der Waals surface area (Å²) in [6, 6.07) is 15.6. The van der Waals surface area contributed by atoms with Crippen molar-refractivity contribution in [3.05, 3.63) is 77.1 Å². The molecule has 0 spiro atoms. The Bertz CT molecular complexity index is 1190. The first-order chi connectivity index (χ1) is 13.7. The number of nitrogens with one attached hydrogen (secondary N) is 1. The molecule has 1 aliphatic carbocycles. The molecule has 5 heteroatoms. The van der Waals surface area contributed by atoms with Crippen LogP contribution >= 0.6 is 11.6 Å². The predicted octanol–water partition coefficient (Wildman–Crippen LogP) is 5.18. The van der Waals surface area contributed by atoms with Crippen LogP contribution in [0.5, 0.6) is 0 Å². The molecule has 1 amide bonds. The summed E-state index contributed by atoms with van der Waals surface area (Å²) in [7, 11) is 0. The van der Waals surface area contributed by atoms with Crippen molar-refractivity contribution in [3.63, 3.8) is 0 Å². The molecule has 0 saturated heterocycles. The third kappa shape index (κ3) is 3.14. The van der Waals surface area contributed by atoms with Crippen molar-refractivity contribution in [2.75, 3.05) is 0 Å². The van der Waals surface area contributed by atoms with Crippen LogP contribution in [-0.4, -0.2) is 15.5 Å². The number of benzene rings is 2. The molecule has 5 rings (SSSR count). The number of hydrogen-bond acceptors (Lipinski definition) is 2. The number of fused-ring (bicyclic) bond motifs is 3. The number of nitrogens with zero attached hydrogens (tertiary/aromatic N) is 2. The van der Waals surface area contributed by atoms with Crippen molar-refractivity contribution < 1.29 is 4.79 Å². The van der Waals surface area contributed by atoms with Crippen LogP contribution in [0.4, 0.5) is 0 Å². The Morgan fingerprint density at radius 1 is 1.11 bits per heavy atom. The van der Waals surface area contributed by atoms with E-state index >= 15 is 0 Å². The first-order valence-electron chi connectivity index (χ1n) is 9.58. The summed E-state index contributed by atoms with van der Waals surface area (Å²) >= 11 is 6.19. The molecule has 0 radical (unpaired) electrons. The van der Waals surface area contributed by atoms with Gasteiger partial charge in [-0.2, -0.15) is 0 Å². The fourth-order valence-electron chi connectivity index (χ4n) is 3.76. The lowest BCUT2D eigenvalue weighted by Crippen LogP contribution is -2.22. The highest BCUT2D eigenvalue weighted by molar-refractivity contribution is 6.31. The summed E-state index contributed by atoms with van der Waals surface area (Å²) in [6.45, 7) is 1.39. The monoisotopic (exact) mass is 389 g/mol. The largest absolute Gasteiger partial charge is 0.348 e. The Morgan fingerprint density at radius 2 is 1.93 bits per heavy atom. The van der Waals surface area contributed by atoms with Gasteiger partial charge in [0, 0.05) is 46.2 Å². The standard InChI is InChI=1S/C23H20ClN3O/c24-20-4-2-1-3-17(20)12-26-23(28)16-7-8-18-19-9-10-25-13-22(19)27(21(18)11-16)14-15-5-6-15/h1-4,7-11,13,15H,5-6,12,14H2,(H,26,28). The van der Waals surface area contributed by atoms with Gasteiger partial charge in [-0.15, -0.1) is 0 Å². The highest BCUT2D eigenvalue weighted by Crippen LogP contribution is 2.36. The summed E-state index contributed by atoms with van der Waals surface area (Å²) < 4.78 is 2.32. The second kappa shape index (κ2) is 6.95. The summed E-state index contributed by atoms with van der Waals surface area (Å²) in [5.41, 5.74) is 3.80. The minimum Gasteiger partial charge on any atom is -0.348 e. The van der Waals surface area contributed by atoms with E-state index in [0.717, 1.165) is 29.1 Å². The fourth-order valence-corrected chi connectivity index (χ4v) is 3.96. The molecular weight excluding hydrogens is 370 g/mol. The van der Waals surface area contributed by atoms with Gasteiger partial charge >= 0.3 is 0 Å². The zero-order valence-electron chi connectivity index (χ0n) is 15.4. The van der Waals surface area contributed by atoms with Gasteiger partial charge in [0.15, 0.2) is 0 Å². The molecule has 2 aromatic heterocycles. The van der Waals surface area contributed by atoms with E-state index in [4.69, 9.17) is 11.6 Å². The van der Waals surface area contributed by atoms with E-state index < -0.39 is 0 Å². The minimum atomic E-state index is -0.0943. The molecule has 0 atom stereocenters. The van der Waals surface area contributed by atoms with Gasteiger partial charge in [-0.05, 0) is 48.6 Å². The zero-order chi connectivity index (χ0) is 19.1. The number of aromatic nitrogens is 2. The summed E-state index contributed by atoms with van der Waals surface area (Å²) in [4.78, 5) is 17.1. The summed E-state index contributed by atoms with van der Waals surface area (Å²) in [5, 5.41) is 6.00. The van der Waals surface area contributed by atoms with Gasteiger partial charge in [0.05, 0.1) is 11.7 Å². The van der Waals surface area contributed by atoms with Crippen molar-refractivity contribution in [2.24, 2.45) is 5.92 Å². The molecule has 2 heterocycles. The van der Waals surface area contributed by atoms with Crippen LogP contribution in [0.3, 0.4) is 0 Å². The Hall–Kier alpha value is -2.85. The third-order valence-electron chi connectivity index (χ3n) is 5.47. The molecular formula is C23H20ClN3O. The number of halogens is 1. The zero-order valence-corrected chi connectivity index (χ0v) is 16.1. The maximum atomic E-state index is 12.8. The maximum absolute atomic E-state index is 12.8. The molecule has 1 aliphatic rings. The molecule has 1 saturated carbocycles. The second-order valence-corrected chi connectivity index (χ2v) is 7.86. The van der Waals surface area contributed by atoms with Gasteiger partial charge in [0.1, 0.15) is 0 Å². The summed E-state index contributed by atoms with van der Waals surface area (Å²) in [5.74, 6) is 0.639. The van der Waals surface area contributed by atoms with Gasteiger partial charge in [0.2, 0.25) is 0 Å². The smallest absolute Gasteiger partial charge is 0.251 e. The van der Waals surface area contributed by atoms with Gasteiger partial charge < -0.3 is 9.88 Å². The van der Waals surface area contributed by atoms with E-state index in [1.165, 1.54) is 23.6 Å². The molecule has 0 aliphatic heterocycles. The normalized spacial score (nSPS) is 13.9. The Labute approximate surface area is 168 Å². The van der Waals surface area contributed by atoms with Gasteiger partial charge in [-0.25, -0.2) is 0 Å². The average molecular weight is 390 g/mol. The fraction of sp³-hybridized carbons (Fsp3) is 0.217. The van der Waals surface area contributed by atoms with Crippen molar-refractivity contribution in [3.8, 4) is 0 Å². The predicted molar refractivity (Wildman–Crippen MR) is 113 cm³/mol. The molecule has 4 nitrogen and oxygen atoms in total. The second-order valence-electron chi connectivity index (χ2n) is 7.45. The summed E-state index contributed by atoms with van der Waals surface area (Å²) in [6.07, 6.45) is 6.31. The van der Waals surface area contributed by atoms with Crippen LogP contribution in [0.15, 0.2) is 60.9 Å². The topological polar surface area (TPSA) is 46.9 Å². The number of carbonyl (C=O) groups excluding carboxylic acids is 1. The molecule has 0 unspecified atom stereocenters. The van der Waals surface area contributed by atoms with Gasteiger partial charge in [-0.1, -0.05) is 35.9 Å². The quantitative estimate of drug-likeness (QED) is 0.511. The third-order valence-corrected chi connectivity index (χ3v) is 5.84. The van der Waals surface area contributed by atoms with E-state index in [1.807, 2.05) is 54.9 Å². The highest BCUT2D eigenvalue weighted by Gasteiger charge is 2.24. The van der Waals surface area contributed by atoms with Gasteiger partial charge in [-0.3, -0.25) is 9.78 Å². The first kappa shape index (κ1) is 17.3. The Morgan fingerprint density at radius 3 is 2.75 bits per heavy atom. The van der Waals surface area contributed by atoms with Crippen LogP contribution in [0.1, 0.15) is 28.8 Å². The van der Waals surface area contributed by atoms with Crippen LogP contribution < -0.4 is 5.32 Å². The average Bonchev–Trinajstić information content (AvgIpc) is 3.50. The lowest BCUT2D eigenvalue weighted by Gasteiger charge is -2.09. The van der Waals surface area contributed by atoms with E-state index in [9.17, 15) is 4.79 Å². The van der Waals surface area contributed by atoms with Crippen LogP contribution in [0, 0.1) is 5.92 Å². The molecule has 1 N–H and O–H groups in total. The van der Waals surface area contributed by atoms with Crippen molar-refractivity contribution in [2.45, 2.75) is 25.9 Å². The van der Waals surface area contributed by atoms with Crippen LogP contribution in [0.2, 0.25) is 5.02 Å².